The molecule has 1 aromatic rings. The van der Waals surface area contributed by atoms with Gasteiger partial charge < -0.3 is 14.7 Å². The number of amides is 1. The second kappa shape index (κ2) is 3.86. The monoisotopic (exact) mass is 222 g/mol. The fourth-order valence-corrected chi connectivity index (χ4v) is 2.68. The molecule has 2 saturated heterocycles. The van der Waals surface area contributed by atoms with E-state index < -0.39 is 0 Å². The van der Waals surface area contributed by atoms with Crippen molar-refractivity contribution >= 4 is 5.91 Å². The van der Waals surface area contributed by atoms with E-state index in [0.717, 1.165) is 26.2 Å². The Bertz CT molecular complexity index is 366. The quantitative estimate of drug-likeness (QED) is 0.709. The normalized spacial score (nSPS) is 29.1. The molecule has 1 amide bonds. The minimum Gasteiger partial charge on any atom is -0.342 e. The van der Waals surface area contributed by atoms with Gasteiger partial charge in [-0.2, -0.15) is 4.98 Å². The molecule has 1 aromatic heterocycles. The lowest BCUT2D eigenvalue weighted by molar-refractivity contribution is 0.0523. The van der Waals surface area contributed by atoms with Gasteiger partial charge in [0.25, 0.3) is 11.7 Å². The minimum absolute atomic E-state index is 0.106. The summed E-state index contributed by atoms with van der Waals surface area (Å²) in [4.78, 5) is 17.7. The zero-order chi connectivity index (χ0) is 11.0. The minimum atomic E-state index is -0.106. The molecule has 0 aromatic carbocycles. The molecule has 0 saturated carbocycles. The van der Waals surface area contributed by atoms with Crippen molar-refractivity contribution in [2.45, 2.75) is 6.42 Å². The average Bonchev–Trinajstić information content (AvgIpc) is 2.81. The number of likely N-dealkylation sites (tertiary alicyclic amines) is 1. The summed E-state index contributed by atoms with van der Waals surface area (Å²) in [5.41, 5.74) is 0. The van der Waals surface area contributed by atoms with Crippen LogP contribution in [0.3, 0.4) is 0 Å². The number of piperidine rings is 2. The summed E-state index contributed by atoms with van der Waals surface area (Å²) in [6, 6.07) is 0. The van der Waals surface area contributed by atoms with Crippen molar-refractivity contribution in [3.8, 4) is 0 Å². The number of carbonyl (C=O) groups excluding carboxylic acids is 1. The van der Waals surface area contributed by atoms with Crippen LogP contribution in [0.15, 0.2) is 10.9 Å². The van der Waals surface area contributed by atoms with Gasteiger partial charge in [0, 0.05) is 13.1 Å². The lowest BCUT2D eigenvalue weighted by atomic mass is 9.86. The van der Waals surface area contributed by atoms with Crippen LogP contribution in [0.2, 0.25) is 0 Å². The first-order valence-corrected chi connectivity index (χ1v) is 5.59. The summed E-state index contributed by atoms with van der Waals surface area (Å²) in [5, 5.41) is 6.99. The maximum atomic E-state index is 12.0. The lowest BCUT2D eigenvalue weighted by Crippen LogP contribution is -2.52. The second-order valence-electron chi connectivity index (χ2n) is 4.59. The van der Waals surface area contributed by atoms with E-state index in [1.165, 1.54) is 12.8 Å². The van der Waals surface area contributed by atoms with Crippen LogP contribution in [-0.4, -0.2) is 47.1 Å². The van der Waals surface area contributed by atoms with Gasteiger partial charge in [-0.15, -0.1) is 0 Å². The molecule has 6 heteroatoms. The van der Waals surface area contributed by atoms with Crippen molar-refractivity contribution in [2.75, 3.05) is 26.2 Å². The molecule has 3 heterocycles. The van der Waals surface area contributed by atoms with Gasteiger partial charge in [0.2, 0.25) is 6.39 Å². The van der Waals surface area contributed by atoms with Gasteiger partial charge in [0.05, 0.1) is 0 Å². The predicted molar refractivity (Wildman–Crippen MR) is 54.7 cm³/mol. The number of hydrogen-bond donors (Lipinski definition) is 1. The Morgan fingerprint density at radius 3 is 2.81 bits per heavy atom. The second-order valence-corrected chi connectivity index (χ2v) is 4.59. The zero-order valence-electron chi connectivity index (χ0n) is 8.93. The van der Waals surface area contributed by atoms with Crippen LogP contribution in [0.4, 0.5) is 0 Å². The number of aromatic nitrogens is 2. The highest BCUT2D eigenvalue weighted by molar-refractivity contribution is 5.90. The van der Waals surface area contributed by atoms with Gasteiger partial charge in [-0.05, 0) is 31.3 Å². The van der Waals surface area contributed by atoms with Crippen LogP contribution in [0.1, 0.15) is 17.0 Å². The number of nitrogens with one attached hydrogen (secondary N) is 1. The number of nitrogens with zero attached hydrogens (tertiary/aromatic N) is 3. The summed E-state index contributed by atoms with van der Waals surface area (Å²) in [7, 11) is 0. The molecule has 0 aliphatic carbocycles. The van der Waals surface area contributed by atoms with Gasteiger partial charge in [-0.3, -0.25) is 4.79 Å². The summed E-state index contributed by atoms with van der Waals surface area (Å²) < 4.78 is 4.60. The Kier molecular flexibility index (Phi) is 2.36. The van der Waals surface area contributed by atoms with Crippen molar-refractivity contribution in [2.24, 2.45) is 11.8 Å². The molecule has 2 aliphatic rings. The first-order chi connectivity index (χ1) is 7.83. The van der Waals surface area contributed by atoms with Crippen molar-refractivity contribution in [1.29, 1.82) is 0 Å². The maximum absolute atomic E-state index is 12.0. The van der Waals surface area contributed by atoms with Crippen molar-refractivity contribution in [3.05, 3.63) is 12.2 Å². The third-order valence-electron chi connectivity index (χ3n) is 3.33. The van der Waals surface area contributed by atoms with Crippen LogP contribution < -0.4 is 5.32 Å². The van der Waals surface area contributed by atoms with E-state index in [2.05, 4.69) is 20.0 Å². The fourth-order valence-electron chi connectivity index (χ4n) is 2.68. The Morgan fingerprint density at radius 2 is 2.19 bits per heavy atom. The zero-order valence-corrected chi connectivity index (χ0v) is 8.93. The Balaban J connectivity index is 1.73. The molecule has 2 fully saturated rings. The topological polar surface area (TPSA) is 71.3 Å². The molecule has 2 unspecified atom stereocenters. The molecule has 1 N–H and O–H groups in total. The summed E-state index contributed by atoms with van der Waals surface area (Å²) in [5.74, 6) is 1.21. The highest BCUT2D eigenvalue weighted by atomic mass is 16.5. The number of rotatable bonds is 1. The third kappa shape index (κ3) is 1.69. The molecule has 16 heavy (non-hydrogen) atoms. The first kappa shape index (κ1) is 9.77. The van der Waals surface area contributed by atoms with Gasteiger partial charge >= 0.3 is 0 Å². The smallest absolute Gasteiger partial charge is 0.295 e. The van der Waals surface area contributed by atoms with Crippen LogP contribution in [-0.2, 0) is 0 Å². The van der Waals surface area contributed by atoms with E-state index in [0.29, 0.717) is 11.8 Å². The number of fused-ring (bicyclic) bond motifs is 2. The molecule has 0 spiro atoms. The SMILES string of the molecule is O=C(c1ncon1)N1CC2CNCC(C2)C1. The molecule has 3 rings (SSSR count). The number of hydrogen-bond acceptors (Lipinski definition) is 5. The van der Waals surface area contributed by atoms with Crippen LogP contribution in [0, 0.1) is 11.8 Å². The lowest BCUT2D eigenvalue weighted by Gasteiger charge is -2.41. The van der Waals surface area contributed by atoms with Gasteiger partial charge in [-0.25, -0.2) is 0 Å². The van der Waals surface area contributed by atoms with E-state index in [1.54, 1.807) is 0 Å². The highest BCUT2D eigenvalue weighted by Crippen LogP contribution is 2.24. The van der Waals surface area contributed by atoms with Crippen LogP contribution in [0.25, 0.3) is 0 Å². The van der Waals surface area contributed by atoms with Crippen LogP contribution in [0.5, 0.6) is 0 Å². The van der Waals surface area contributed by atoms with Crippen molar-refractivity contribution in [1.82, 2.24) is 20.4 Å². The first-order valence-electron chi connectivity index (χ1n) is 5.59. The Labute approximate surface area is 93.0 Å². The van der Waals surface area contributed by atoms with Gasteiger partial charge in [0.1, 0.15) is 0 Å². The Hall–Kier alpha value is -1.43. The summed E-state index contributed by atoms with van der Waals surface area (Å²) in [6.45, 7) is 3.62. The standard InChI is InChI=1S/C10H14N4O2/c15-10(9-12-6-16-13-9)14-4-7-1-8(5-14)3-11-2-7/h6-8,11H,1-5H2. The predicted octanol–water partition coefficient (Wildman–Crippen LogP) is -0.249. The molecule has 0 radical (unpaired) electrons. The largest absolute Gasteiger partial charge is 0.342 e. The van der Waals surface area contributed by atoms with Crippen molar-refractivity contribution in [3.63, 3.8) is 0 Å². The highest BCUT2D eigenvalue weighted by Gasteiger charge is 2.33. The van der Waals surface area contributed by atoms with E-state index in [9.17, 15) is 4.79 Å². The molecule has 86 valence electrons. The molecule has 2 bridgehead atoms. The van der Waals surface area contributed by atoms with Gasteiger partial charge in [-0.1, -0.05) is 5.16 Å². The fraction of sp³-hybridized carbons (Fsp3) is 0.700. The van der Waals surface area contributed by atoms with E-state index >= 15 is 0 Å². The molecule has 2 aliphatic heterocycles. The number of carbonyl (C=O) groups is 1. The molecular formula is C10H14N4O2. The third-order valence-corrected chi connectivity index (χ3v) is 3.33. The molecule has 2 atom stereocenters. The summed E-state index contributed by atoms with van der Waals surface area (Å²) in [6.07, 6.45) is 2.42. The van der Waals surface area contributed by atoms with E-state index in [4.69, 9.17) is 0 Å². The molecular weight excluding hydrogens is 208 g/mol. The van der Waals surface area contributed by atoms with E-state index in [-0.39, 0.29) is 11.7 Å². The van der Waals surface area contributed by atoms with Crippen LogP contribution >= 0.6 is 0 Å². The van der Waals surface area contributed by atoms with Gasteiger partial charge in [0.15, 0.2) is 0 Å². The average molecular weight is 222 g/mol. The van der Waals surface area contributed by atoms with Crippen molar-refractivity contribution < 1.29 is 9.32 Å². The van der Waals surface area contributed by atoms with E-state index in [1.807, 2.05) is 4.90 Å². The maximum Gasteiger partial charge on any atom is 0.295 e. The Morgan fingerprint density at radius 1 is 1.44 bits per heavy atom. The summed E-state index contributed by atoms with van der Waals surface area (Å²) >= 11 is 0. The molecule has 6 nitrogen and oxygen atoms in total.